The summed E-state index contributed by atoms with van der Waals surface area (Å²) < 4.78 is 5.60. The van der Waals surface area contributed by atoms with Crippen LogP contribution in [-0.2, 0) is 16.7 Å². The molecule has 0 atom stereocenters. The third-order valence-electron chi connectivity index (χ3n) is 5.92. The van der Waals surface area contributed by atoms with Gasteiger partial charge in [-0.3, -0.25) is 4.79 Å². The van der Waals surface area contributed by atoms with Crippen molar-refractivity contribution in [1.82, 2.24) is 4.90 Å². The van der Waals surface area contributed by atoms with Crippen LogP contribution in [0.4, 0.5) is 5.69 Å². The molecule has 0 bridgehead atoms. The average Bonchev–Trinajstić information content (AvgIpc) is 2.90. The topological polar surface area (TPSA) is 53.0 Å². The van der Waals surface area contributed by atoms with E-state index in [9.17, 15) is 9.82 Å². The molecule has 2 aliphatic rings. The molecule has 0 saturated carbocycles. The molecule has 1 N–H and O–H groups in total. The van der Waals surface area contributed by atoms with Gasteiger partial charge in [0.25, 0.3) is 0 Å². The molecule has 29 heavy (non-hydrogen) atoms. The molecule has 0 aliphatic carbocycles. The smallest absolute Gasteiger partial charge is 0.423 e. The highest BCUT2D eigenvalue weighted by Crippen LogP contribution is 2.30. The zero-order valence-corrected chi connectivity index (χ0v) is 17.9. The fourth-order valence-corrected chi connectivity index (χ4v) is 4.43. The Morgan fingerprint density at radius 3 is 2.59 bits per heavy atom. The average molecular weight is 413 g/mol. The van der Waals surface area contributed by atoms with E-state index in [1.165, 1.54) is 0 Å². The van der Waals surface area contributed by atoms with Crippen molar-refractivity contribution in [1.29, 1.82) is 0 Å². The van der Waals surface area contributed by atoms with Gasteiger partial charge in [0.15, 0.2) is 5.78 Å². The lowest BCUT2D eigenvalue weighted by molar-refractivity contribution is 0.0991. The maximum atomic E-state index is 12.9. The second kappa shape index (κ2) is 7.76. The first kappa shape index (κ1) is 20.4. The quantitative estimate of drug-likeness (QED) is 0.617. The second-order valence-corrected chi connectivity index (χ2v) is 8.86. The number of halogens is 1. The first-order valence-corrected chi connectivity index (χ1v) is 10.4. The summed E-state index contributed by atoms with van der Waals surface area (Å²) >= 11 is 6.47. The Bertz CT molecular complexity index is 942. The molecule has 2 aliphatic heterocycles. The SMILES string of the molecule is CN1CCN(c2ccc(C(=O)Cc3ccc4c(c3)B(O)OC4(C)C)c(Cl)c2)CC1. The third-order valence-corrected chi connectivity index (χ3v) is 6.24. The Hall–Kier alpha value is -1.86. The summed E-state index contributed by atoms with van der Waals surface area (Å²) in [6, 6.07) is 11.4. The fourth-order valence-electron chi connectivity index (χ4n) is 4.15. The summed E-state index contributed by atoms with van der Waals surface area (Å²) in [6.45, 7) is 7.79. The van der Waals surface area contributed by atoms with Crippen LogP contribution in [0.2, 0.25) is 5.02 Å². The first-order valence-electron chi connectivity index (χ1n) is 10.00. The first-order chi connectivity index (χ1) is 13.7. The van der Waals surface area contributed by atoms with Gasteiger partial charge in [0, 0.05) is 43.9 Å². The van der Waals surface area contributed by atoms with E-state index < -0.39 is 12.7 Å². The van der Waals surface area contributed by atoms with Crippen molar-refractivity contribution in [3.63, 3.8) is 0 Å². The number of carbonyl (C=O) groups excluding carboxylic acids is 1. The van der Waals surface area contributed by atoms with Gasteiger partial charge in [-0.25, -0.2) is 0 Å². The summed E-state index contributed by atoms with van der Waals surface area (Å²) in [4.78, 5) is 17.5. The van der Waals surface area contributed by atoms with Crippen molar-refractivity contribution in [2.45, 2.75) is 25.9 Å². The summed E-state index contributed by atoms with van der Waals surface area (Å²) in [7, 11) is 1.17. The van der Waals surface area contributed by atoms with Crippen molar-refractivity contribution < 1.29 is 14.5 Å². The molecule has 2 aromatic rings. The minimum absolute atomic E-state index is 0.0347. The molecule has 7 heteroatoms. The zero-order chi connectivity index (χ0) is 20.8. The summed E-state index contributed by atoms with van der Waals surface area (Å²) in [5.41, 5.74) is 3.59. The number of likely N-dealkylation sites (N-methyl/N-ethyl adjacent to an activating group) is 1. The monoisotopic (exact) mass is 412 g/mol. The molecular weight excluding hydrogens is 387 g/mol. The van der Waals surface area contributed by atoms with E-state index in [4.69, 9.17) is 16.3 Å². The molecule has 2 aromatic carbocycles. The van der Waals surface area contributed by atoms with Crippen molar-refractivity contribution in [2.75, 3.05) is 38.1 Å². The summed E-state index contributed by atoms with van der Waals surface area (Å²) in [5.74, 6) is -0.0347. The number of hydrogen-bond acceptors (Lipinski definition) is 5. The Labute approximate surface area is 177 Å². The molecule has 5 nitrogen and oxygen atoms in total. The van der Waals surface area contributed by atoms with Gasteiger partial charge < -0.3 is 19.5 Å². The molecule has 1 fully saturated rings. The van der Waals surface area contributed by atoms with E-state index in [-0.39, 0.29) is 12.2 Å². The van der Waals surface area contributed by atoms with Crippen LogP contribution < -0.4 is 10.4 Å². The van der Waals surface area contributed by atoms with Crippen molar-refractivity contribution in [3.05, 3.63) is 58.1 Å². The highest BCUT2D eigenvalue weighted by atomic mass is 35.5. The Balaban J connectivity index is 1.50. The number of nitrogens with zero attached hydrogens (tertiary/aromatic N) is 2. The van der Waals surface area contributed by atoms with Crippen LogP contribution in [0.25, 0.3) is 0 Å². The van der Waals surface area contributed by atoms with E-state index in [1.54, 1.807) is 0 Å². The number of hydrogen-bond donors (Lipinski definition) is 1. The standard InChI is InChI=1S/C22H26BClN2O3/c1-22(2)18-7-4-15(12-19(18)23(28)29-22)13-21(27)17-6-5-16(14-20(17)24)26-10-8-25(3)9-11-26/h4-7,12,14,28H,8-11,13H2,1-3H3. The molecule has 0 spiro atoms. The van der Waals surface area contributed by atoms with Gasteiger partial charge in [0.05, 0.1) is 10.6 Å². The lowest BCUT2D eigenvalue weighted by atomic mass is 9.77. The molecule has 1 saturated heterocycles. The number of benzene rings is 2. The van der Waals surface area contributed by atoms with Gasteiger partial charge in [-0.2, -0.15) is 0 Å². The normalized spacial score (nSPS) is 18.8. The van der Waals surface area contributed by atoms with Crippen molar-refractivity contribution >= 4 is 35.7 Å². The molecule has 2 heterocycles. The predicted octanol–water partition coefficient (Wildman–Crippen LogP) is 2.47. The third kappa shape index (κ3) is 4.08. The molecule has 0 unspecified atom stereocenters. The maximum Gasteiger partial charge on any atom is 0.492 e. The van der Waals surface area contributed by atoms with Crippen LogP contribution >= 0.6 is 11.6 Å². The van der Waals surface area contributed by atoms with Crippen LogP contribution in [0.15, 0.2) is 36.4 Å². The maximum absolute atomic E-state index is 12.9. The molecular formula is C22H26BClN2O3. The van der Waals surface area contributed by atoms with Crippen molar-refractivity contribution in [2.24, 2.45) is 0 Å². The van der Waals surface area contributed by atoms with Crippen LogP contribution in [0.5, 0.6) is 0 Å². The van der Waals surface area contributed by atoms with E-state index >= 15 is 0 Å². The van der Waals surface area contributed by atoms with Crippen molar-refractivity contribution in [3.8, 4) is 0 Å². The highest BCUT2D eigenvalue weighted by molar-refractivity contribution is 6.62. The lowest BCUT2D eigenvalue weighted by Crippen LogP contribution is -2.44. The van der Waals surface area contributed by atoms with Gasteiger partial charge in [-0.1, -0.05) is 29.8 Å². The van der Waals surface area contributed by atoms with Gasteiger partial charge in [-0.15, -0.1) is 0 Å². The molecule has 4 rings (SSSR count). The molecule has 152 valence electrons. The highest BCUT2D eigenvalue weighted by Gasteiger charge is 2.40. The van der Waals surface area contributed by atoms with Gasteiger partial charge in [-0.05, 0) is 55.7 Å². The predicted molar refractivity (Wildman–Crippen MR) is 117 cm³/mol. The lowest BCUT2D eigenvalue weighted by Gasteiger charge is -2.34. The van der Waals surface area contributed by atoms with Crippen LogP contribution in [0.3, 0.4) is 0 Å². The van der Waals surface area contributed by atoms with Crippen LogP contribution in [0, 0.1) is 0 Å². The Morgan fingerprint density at radius 1 is 1.17 bits per heavy atom. The number of anilines is 1. The molecule has 0 aromatic heterocycles. The molecule has 0 radical (unpaired) electrons. The van der Waals surface area contributed by atoms with Gasteiger partial charge in [0.1, 0.15) is 0 Å². The van der Waals surface area contributed by atoms with E-state index in [1.807, 2.05) is 50.2 Å². The largest absolute Gasteiger partial charge is 0.492 e. The number of carbonyl (C=O) groups is 1. The number of Topliss-reactive ketones (excluding diaryl/α,β-unsaturated/α-hetero) is 1. The number of ketones is 1. The van der Waals surface area contributed by atoms with Crippen LogP contribution in [-0.4, -0.2) is 56.1 Å². The minimum Gasteiger partial charge on any atom is -0.423 e. The van der Waals surface area contributed by atoms with Gasteiger partial charge in [0.2, 0.25) is 0 Å². The van der Waals surface area contributed by atoms with E-state index in [0.29, 0.717) is 10.6 Å². The fraction of sp³-hybridized carbons (Fsp3) is 0.409. The Kier molecular flexibility index (Phi) is 5.47. The van der Waals surface area contributed by atoms with E-state index in [2.05, 4.69) is 16.8 Å². The number of rotatable bonds is 4. The van der Waals surface area contributed by atoms with Gasteiger partial charge >= 0.3 is 7.12 Å². The summed E-state index contributed by atoms with van der Waals surface area (Å²) in [5, 5.41) is 10.7. The second-order valence-electron chi connectivity index (χ2n) is 8.46. The zero-order valence-electron chi connectivity index (χ0n) is 17.1. The Morgan fingerprint density at radius 2 is 1.90 bits per heavy atom. The molecule has 0 amide bonds. The van der Waals surface area contributed by atoms with E-state index in [0.717, 1.165) is 48.5 Å². The number of piperazine rings is 1. The van der Waals surface area contributed by atoms with Crippen LogP contribution in [0.1, 0.15) is 35.3 Å². The summed E-state index contributed by atoms with van der Waals surface area (Å²) in [6.07, 6.45) is 0.230. The number of fused-ring (bicyclic) bond motifs is 1. The minimum atomic E-state index is -0.957.